The summed E-state index contributed by atoms with van der Waals surface area (Å²) in [6.07, 6.45) is 5.03. The standard InChI is InChI=1S/C25H20ClN5O4/c1-16-19(14-28-30(16)23-6-2-3-11-27-23)25(33)35-15-24(32)31-21(22-5-4-12-34-22)13-20(29-31)17-7-9-18(26)10-8-17/h2-12,14,21H,13,15H2,1H3. The summed E-state index contributed by atoms with van der Waals surface area (Å²) >= 11 is 6.00. The molecule has 0 spiro atoms. The first kappa shape index (κ1) is 22.5. The molecule has 0 bridgehead atoms. The van der Waals surface area contributed by atoms with Crippen molar-refractivity contribution in [2.75, 3.05) is 6.61 Å². The first-order valence-electron chi connectivity index (χ1n) is 10.8. The second kappa shape index (κ2) is 9.55. The van der Waals surface area contributed by atoms with E-state index in [9.17, 15) is 9.59 Å². The van der Waals surface area contributed by atoms with E-state index in [2.05, 4.69) is 15.2 Å². The molecule has 1 atom stereocenters. The van der Waals surface area contributed by atoms with Gasteiger partial charge in [-0.2, -0.15) is 10.2 Å². The third-order valence-corrected chi connectivity index (χ3v) is 5.89. The molecule has 0 saturated carbocycles. The maximum atomic E-state index is 13.1. The number of benzene rings is 1. The molecule has 10 heteroatoms. The van der Waals surface area contributed by atoms with E-state index in [1.165, 1.54) is 15.9 Å². The third kappa shape index (κ3) is 4.58. The highest BCUT2D eigenvalue weighted by molar-refractivity contribution is 6.30. The average Bonchev–Trinajstić information content (AvgIpc) is 3.63. The second-order valence-electron chi connectivity index (χ2n) is 7.85. The number of pyridine rings is 1. The molecule has 0 saturated heterocycles. The van der Waals surface area contributed by atoms with Crippen LogP contribution in [0.5, 0.6) is 0 Å². The van der Waals surface area contributed by atoms with Gasteiger partial charge in [-0.3, -0.25) is 4.79 Å². The number of hydrogen-bond donors (Lipinski definition) is 0. The Hall–Kier alpha value is -4.24. The van der Waals surface area contributed by atoms with E-state index in [-0.39, 0.29) is 5.56 Å². The number of ether oxygens (including phenoxy) is 1. The predicted octanol–water partition coefficient (Wildman–Crippen LogP) is 4.36. The van der Waals surface area contributed by atoms with Gasteiger partial charge in [0.1, 0.15) is 17.4 Å². The van der Waals surface area contributed by atoms with Crippen LogP contribution in [0.1, 0.15) is 39.8 Å². The number of carbonyl (C=O) groups is 2. The van der Waals surface area contributed by atoms with Crippen molar-refractivity contribution in [1.82, 2.24) is 19.8 Å². The summed E-state index contributed by atoms with van der Waals surface area (Å²) in [5.41, 5.74) is 2.35. The topological polar surface area (TPSA) is 103 Å². The smallest absolute Gasteiger partial charge is 0.342 e. The number of aromatic nitrogens is 3. The van der Waals surface area contributed by atoms with E-state index >= 15 is 0 Å². The molecule has 1 aliphatic rings. The van der Waals surface area contributed by atoms with Gasteiger partial charge in [0, 0.05) is 17.6 Å². The van der Waals surface area contributed by atoms with Gasteiger partial charge >= 0.3 is 5.97 Å². The first-order chi connectivity index (χ1) is 17.0. The number of hydrazone groups is 1. The van der Waals surface area contributed by atoms with E-state index in [1.807, 2.05) is 18.2 Å². The molecule has 3 aromatic heterocycles. The molecule has 1 aliphatic heterocycles. The van der Waals surface area contributed by atoms with E-state index < -0.39 is 24.5 Å². The van der Waals surface area contributed by atoms with Crippen molar-refractivity contribution in [1.29, 1.82) is 0 Å². The van der Waals surface area contributed by atoms with Crippen LogP contribution in [-0.2, 0) is 9.53 Å². The van der Waals surface area contributed by atoms with E-state index in [4.69, 9.17) is 20.8 Å². The molecular weight excluding hydrogens is 470 g/mol. The van der Waals surface area contributed by atoms with Gasteiger partial charge in [0.05, 0.1) is 23.9 Å². The molecule has 35 heavy (non-hydrogen) atoms. The lowest BCUT2D eigenvalue weighted by atomic mass is 10.0. The highest BCUT2D eigenvalue weighted by Crippen LogP contribution is 2.33. The van der Waals surface area contributed by atoms with Gasteiger partial charge in [0.15, 0.2) is 12.4 Å². The van der Waals surface area contributed by atoms with E-state index in [0.717, 1.165) is 5.56 Å². The van der Waals surface area contributed by atoms with E-state index in [1.54, 1.807) is 55.8 Å². The maximum Gasteiger partial charge on any atom is 0.342 e. The lowest BCUT2D eigenvalue weighted by molar-refractivity contribution is -0.136. The van der Waals surface area contributed by atoms with Crippen molar-refractivity contribution in [2.45, 2.75) is 19.4 Å². The lowest BCUT2D eigenvalue weighted by Crippen LogP contribution is -2.31. The number of nitrogens with zero attached hydrogens (tertiary/aromatic N) is 5. The van der Waals surface area contributed by atoms with Crippen LogP contribution >= 0.6 is 11.6 Å². The summed E-state index contributed by atoms with van der Waals surface area (Å²) in [6, 6.07) is 15.7. The quantitative estimate of drug-likeness (QED) is 0.373. The second-order valence-corrected chi connectivity index (χ2v) is 8.28. The lowest BCUT2D eigenvalue weighted by Gasteiger charge is -2.19. The van der Waals surface area contributed by atoms with Gasteiger partial charge in [0.2, 0.25) is 0 Å². The third-order valence-electron chi connectivity index (χ3n) is 5.64. The number of esters is 1. The van der Waals surface area contributed by atoms with Crippen molar-refractivity contribution in [3.05, 3.63) is 101 Å². The Morgan fingerprint density at radius 2 is 1.97 bits per heavy atom. The van der Waals surface area contributed by atoms with Crippen molar-refractivity contribution >= 4 is 29.2 Å². The number of amides is 1. The van der Waals surface area contributed by atoms with Crippen molar-refractivity contribution in [3.8, 4) is 5.82 Å². The summed E-state index contributed by atoms with van der Waals surface area (Å²) in [4.78, 5) is 30.0. The van der Waals surface area contributed by atoms with Gasteiger partial charge in [-0.1, -0.05) is 29.8 Å². The molecule has 0 N–H and O–H groups in total. The minimum Gasteiger partial charge on any atom is -0.467 e. The number of halogens is 1. The van der Waals surface area contributed by atoms with E-state index in [0.29, 0.717) is 34.4 Å². The highest BCUT2D eigenvalue weighted by Gasteiger charge is 2.35. The molecule has 0 fully saturated rings. The summed E-state index contributed by atoms with van der Waals surface area (Å²) in [5.74, 6) is 0.0274. The molecule has 5 rings (SSSR count). The van der Waals surface area contributed by atoms with Gasteiger partial charge in [0.25, 0.3) is 5.91 Å². The van der Waals surface area contributed by atoms with Crippen molar-refractivity contribution in [3.63, 3.8) is 0 Å². The molecule has 1 amide bonds. The Labute approximate surface area is 205 Å². The SMILES string of the molecule is Cc1c(C(=O)OCC(=O)N2N=C(c3ccc(Cl)cc3)CC2c2ccco2)cnn1-c1ccccn1. The van der Waals surface area contributed by atoms with Crippen molar-refractivity contribution < 1.29 is 18.7 Å². The Kier molecular flexibility index (Phi) is 6.15. The molecule has 4 heterocycles. The fourth-order valence-electron chi connectivity index (χ4n) is 3.85. The summed E-state index contributed by atoms with van der Waals surface area (Å²) in [7, 11) is 0. The monoisotopic (exact) mass is 489 g/mol. The van der Waals surface area contributed by atoms with Crippen LogP contribution < -0.4 is 0 Å². The highest BCUT2D eigenvalue weighted by atomic mass is 35.5. The van der Waals surface area contributed by atoms with Gasteiger partial charge < -0.3 is 9.15 Å². The Morgan fingerprint density at radius 1 is 1.14 bits per heavy atom. The molecular formula is C25H20ClN5O4. The Bertz CT molecular complexity index is 1380. The normalized spacial score (nSPS) is 15.2. The fourth-order valence-corrected chi connectivity index (χ4v) is 3.98. The zero-order valence-corrected chi connectivity index (χ0v) is 19.4. The van der Waals surface area contributed by atoms with Crippen LogP contribution in [-0.4, -0.2) is 44.0 Å². The minimum atomic E-state index is -0.659. The number of carbonyl (C=O) groups excluding carboxylic acids is 2. The molecule has 0 aliphatic carbocycles. The molecule has 0 radical (unpaired) electrons. The number of rotatable bonds is 6. The zero-order chi connectivity index (χ0) is 24.4. The summed E-state index contributed by atoms with van der Waals surface area (Å²) in [6.45, 7) is 1.25. The first-order valence-corrected chi connectivity index (χ1v) is 11.2. The molecule has 4 aromatic rings. The van der Waals surface area contributed by atoms with Crippen molar-refractivity contribution in [2.24, 2.45) is 5.10 Å². The van der Waals surface area contributed by atoms with Crippen LogP contribution in [0.4, 0.5) is 0 Å². The zero-order valence-electron chi connectivity index (χ0n) is 18.7. The maximum absolute atomic E-state index is 13.1. The van der Waals surface area contributed by atoms with Crippen LogP contribution in [0.2, 0.25) is 5.02 Å². The van der Waals surface area contributed by atoms with Crippen LogP contribution in [0, 0.1) is 6.92 Å². The molecule has 1 aromatic carbocycles. The van der Waals surface area contributed by atoms with Crippen LogP contribution in [0.3, 0.4) is 0 Å². The van der Waals surface area contributed by atoms with Crippen LogP contribution in [0.15, 0.2) is 82.8 Å². The number of furan rings is 1. The van der Waals surface area contributed by atoms with Gasteiger partial charge in [-0.15, -0.1) is 0 Å². The Morgan fingerprint density at radius 3 is 2.69 bits per heavy atom. The summed E-state index contributed by atoms with van der Waals surface area (Å²) in [5, 5.41) is 10.7. The number of hydrogen-bond acceptors (Lipinski definition) is 7. The van der Waals surface area contributed by atoms with Crippen LogP contribution in [0.25, 0.3) is 5.82 Å². The average molecular weight is 490 g/mol. The Balaban J connectivity index is 1.32. The molecule has 9 nitrogen and oxygen atoms in total. The fraction of sp³-hybridized carbons (Fsp3) is 0.160. The summed E-state index contributed by atoms with van der Waals surface area (Å²) < 4.78 is 12.4. The predicted molar refractivity (Wildman–Crippen MR) is 127 cm³/mol. The molecule has 176 valence electrons. The minimum absolute atomic E-state index is 0.248. The van der Waals surface area contributed by atoms with Gasteiger partial charge in [-0.05, 0) is 48.9 Å². The molecule has 1 unspecified atom stereocenters. The van der Waals surface area contributed by atoms with Gasteiger partial charge in [-0.25, -0.2) is 19.5 Å². The largest absolute Gasteiger partial charge is 0.467 e.